The molecule has 2 atom stereocenters. The van der Waals surface area contributed by atoms with E-state index in [0.717, 1.165) is 22.4 Å². The number of nitrogens with zero attached hydrogens (tertiary/aromatic N) is 1. The number of amides is 1. The highest BCUT2D eigenvalue weighted by molar-refractivity contribution is 7.92. The molecule has 0 bridgehead atoms. The summed E-state index contributed by atoms with van der Waals surface area (Å²) in [6.45, 7) is 7.94. The van der Waals surface area contributed by atoms with Crippen molar-refractivity contribution in [3.05, 3.63) is 83.4 Å². The lowest BCUT2D eigenvalue weighted by Gasteiger charge is -2.35. The topological polar surface area (TPSA) is 84.9 Å². The fraction of sp³-hybridized carbons (Fsp3) is 0.321. The van der Waals surface area contributed by atoms with Crippen LogP contribution in [0.1, 0.15) is 49.4 Å². The average molecular weight is 509 g/mol. The summed E-state index contributed by atoms with van der Waals surface area (Å²) in [5, 5.41) is 3.03. The zero-order chi connectivity index (χ0) is 26.0. The molecule has 1 amide bonds. The van der Waals surface area contributed by atoms with Gasteiger partial charge in [-0.1, -0.05) is 44.2 Å². The van der Waals surface area contributed by atoms with E-state index in [1.54, 1.807) is 61.7 Å². The van der Waals surface area contributed by atoms with Crippen molar-refractivity contribution >= 4 is 21.6 Å². The minimum atomic E-state index is -3.89. The Kier molecular flexibility index (Phi) is 7.26. The van der Waals surface area contributed by atoms with Crippen molar-refractivity contribution < 1.29 is 22.7 Å². The molecule has 0 saturated heterocycles. The second-order valence-electron chi connectivity index (χ2n) is 9.26. The van der Waals surface area contributed by atoms with Crippen LogP contribution in [0.5, 0.6) is 11.5 Å². The molecule has 1 aliphatic heterocycles. The van der Waals surface area contributed by atoms with Gasteiger partial charge in [-0.25, -0.2) is 8.42 Å². The number of hydrogen-bond donors (Lipinski definition) is 1. The molecule has 36 heavy (non-hydrogen) atoms. The summed E-state index contributed by atoms with van der Waals surface area (Å²) in [5.74, 6) is 1.03. The Morgan fingerprint density at radius 2 is 1.69 bits per heavy atom. The molecule has 1 aliphatic rings. The summed E-state index contributed by atoms with van der Waals surface area (Å²) < 4.78 is 39.8. The quantitative estimate of drug-likeness (QED) is 0.488. The SMILES string of the molecule is COc1cc(C)c([C@@H](C)NC(=O)[C@H]2CN(S(=O)(=O)c3ccccc3)c3ccccc3O2)cc1C(C)C. The van der Waals surface area contributed by atoms with Crippen LogP contribution in [0.15, 0.2) is 71.6 Å². The molecule has 0 aromatic heterocycles. The number of anilines is 1. The van der Waals surface area contributed by atoms with Gasteiger partial charge in [0.05, 0.1) is 30.3 Å². The van der Waals surface area contributed by atoms with Crippen molar-refractivity contribution in [3.63, 3.8) is 0 Å². The summed E-state index contributed by atoms with van der Waals surface area (Å²) >= 11 is 0. The van der Waals surface area contributed by atoms with E-state index in [1.807, 2.05) is 19.9 Å². The number of methoxy groups -OCH3 is 1. The Morgan fingerprint density at radius 3 is 2.36 bits per heavy atom. The number of carbonyl (C=O) groups excluding carboxylic acids is 1. The third-order valence-corrected chi connectivity index (χ3v) is 8.22. The van der Waals surface area contributed by atoms with Gasteiger partial charge in [-0.15, -0.1) is 0 Å². The monoisotopic (exact) mass is 508 g/mol. The lowest BCUT2D eigenvalue weighted by Crippen LogP contribution is -2.51. The maximum Gasteiger partial charge on any atom is 0.264 e. The van der Waals surface area contributed by atoms with E-state index in [1.165, 1.54) is 4.31 Å². The molecule has 4 rings (SSSR count). The number of para-hydroxylation sites is 2. The fourth-order valence-electron chi connectivity index (χ4n) is 4.48. The lowest BCUT2D eigenvalue weighted by molar-refractivity contribution is -0.128. The highest BCUT2D eigenvalue weighted by atomic mass is 32.2. The maximum absolute atomic E-state index is 13.5. The van der Waals surface area contributed by atoms with Gasteiger partial charge in [0.2, 0.25) is 0 Å². The minimum Gasteiger partial charge on any atom is -0.496 e. The van der Waals surface area contributed by atoms with E-state index in [2.05, 4.69) is 25.2 Å². The molecule has 1 N–H and O–H groups in total. The van der Waals surface area contributed by atoms with Gasteiger partial charge in [0, 0.05) is 0 Å². The van der Waals surface area contributed by atoms with Crippen LogP contribution >= 0.6 is 0 Å². The molecule has 7 nitrogen and oxygen atoms in total. The van der Waals surface area contributed by atoms with Crippen molar-refractivity contribution in [3.8, 4) is 11.5 Å². The number of fused-ring (bicyclic) bond motifs is 1. The van der Waals surface area contributed by atoms with Gasteiger partial charge in [-0.2, -0.15) is 0 Å². The molecule has 8 heteroatoms. The minimum absolute atomic E-state index is 0.133. The molecule has 3 aromatic rings. The molecule has 190 valence electrons. The highest BCUT2D eigenvalue weighted by Gasteiger charge is 2.37. The van der Waals surface area contributed by atoms with Crippen LogP contribution in [0, 0.1) is 6.92 Å². The Bertz CT molecular complexity index is 1360. The summed E-state index contributed by atoms with van der Waals surface area (Å²) in [6, 6.07) is 18.8. The molecular formula is C28H32N2O5S. The first-order valence-electron chi connectivity index (χ1n) is 12.0. The zero-order valence-electron chi connectivity index (χ0n) is 21.2. The van der Waals surface area contributed by atoms with Crippen molar-refractivity contribution in [1.82, 2.24) is 5.32 Å². The third kappa shape index (κ3) is 4.91. The molecule has 0 spiro atoms. The van der Waals surface area contributed by atoms with Crippen LogP contribution in [0.4, 0.5) is 5.69 Å². The van der Waals surface area contributed by atoms with E-state index >= 15 is 0 Å². The van der Waals surface area contributed by atoms with Gasteiger partial charge < -0.3 is 14.8 Å². The van der Waals surface area contributed by atoms with Crippen LogP contribution in [-0.4, -0.2) is 34.1 Å². The number of hydrogen-bond acceptors (Lipinski definition) is 5. The number of rotatable bonds is 7. The summed E-state index contributed by atoms with van der Waals surface area (Å²) in [5.41, 5.74) is 3.43. The first-order valence-corrected chi connectivity index (χ1v) is 13.4. The molecule has 1 heterocycles. The van der Waals surface area contributed by atoms with Crippen LogP contribution in [0.2, 0.25) is 0 Å². The Morgan fingerprint density at radius 1 is 1.03 bits per heavy atom. The number of nitrogens with one attached hydrogen (secondary N) is 1. The van der Waals surface area contributed by atoms with Crippen LogP contribution < -0.4 is 19.1 Å². The Balaban J connectivity index is 1.61. The standard InChI is InChI=1S/C28H32N2O5S/c1-18(2)22-16-23(19(3)15-26(22)34-5)20(4)29-28(31)27-17-30(24-13-9-10-14-25(24)35-27)36(32,33)21-11-7-6-8-12-21/h6-16,18,20,27H,17H2,1-5H3,(H,29,31)/t20-,27-/m1/s1. The van der Waals surface area contributed by atoms with Gasteiger partial charge in [-0.3, -0.25) is 9.10 Å². The number of carbonyl (C=O) groups is 1. The second kappa shape index (κ2) is 10.2. The summed E-state index contributed by atoms with van der Waals surface area (Å²) in [6.07, 6.45) is -1.01. The highest BCUT2D eigenvalue weighted by Crippen LogP contribution is 2.37. The van der Waals surface area contributed by atoms with Gasteiger partial charge in [0.1, 0.15) is 11.5 Å². The number of ether oxygens (including phenoxy) is 2. The molecule has 3 aromatic carbocycles. The first kappa shape index (κ1) is 25.6. The largest absolute Gasteiger partial charge is 0.496 e. The van der Waals surface area contributed by atoms with Gasteiger partial charge in [0.25, 0.3) is 15.9 Å². The molecule has 0 radical (unpaired) electrons. The fourth-order valence-corrected chi connectivity index (χ4v) is 5.98. The Hall–Kier alpha value is -3.52. The zero-order valence-corrected chi connectivity index (χ0v) is 22.0. The van der Waals surface area contributed by atoms with Crippen molar-refractivity contribution in [2.24, 2.45) is 0 Å². The van der Waals surface area contributed by atoms with Crippen molar-refractivity contribution in [2.75, 3.05) is 18.0 Å². The van der Waals surface area contributed by atoms with E-state index in [9.17, 15) is 13.2 Å². The van der Waals surface area contributed by atoms with Crippen LogP contribution in [-0.2, 0) is 14.8 Å². The summed E-state index contributed by atoms with van der Waals surface area (Å²) in [4.78, 5) is 13.5. The maximum atomic E-state index is 13.5. The predicted octanol–water partition coefficient (Wildman–Crippen LogP) is 4.96. The van der Waals surface area contributed by atoms with Crippen molar-refractivity contribution in [2.45, 2.75) is 50.7 Å². The molecular weight excluding hydrogens is 476 g/mol. The van der Waals surface area contributed by atoms with Crippen LogP contribution in [0.25, 0.3) is 0 Å². The number of aryl methyl sites for hydroxylation is 1. The predicted molar refractivity (Wildman–Crippen MR) is 140 cm³/mol. The lowest BCUT2D eigenvalue weighted by atomic mass is 9.93. The number of benzene rings is 3. The third-order valence-electron chi connectivity index (χ3n) is 6.42. The average Bonchev–Trinajstić information content (AvgIpc) is 2.87. The molecule has 0 saturated carbocycles. The van der Waals surface area contributed by atoms with Crippen LogP contribution in [0.3, 0.4) is 0 Å². The summed E-state index contributed by atoms with van der Waals surface area (Å²) in [7, 11) is -2.24. The van der Waals surface area contributed by atoms with E-state index in [0.29, 0.717) is 11.4 Å². The van der Waals surface area contributed by atoms with E-state index in [4.69, 9.17) is 9.47 Å². The molecule has 0 unspecified atom stereocenters. The van der Waals surface area contributed by atoms with Gasteiger partial charge in [-0.05, 0) is 72.9 Å². The smallest absolute Gasteiger partial charge is 0.264 e. The first-order chi connectivity index (χ1) is 17.1. The number of sulfonamides is 1. The van der Waals surface area contributed by atoms with E-state index < -0.39 is 16.1 Å². The normalized spacial score (nSPS) is 16.2. The molecule has 0 fully saturated rings. The molecule has 0 aliphatic carbocycles. The van der Waals surface area contributed by atoms with Gasteiger partial charge in [0.15, 0.2) is 6.10 Å². The second-order valence-corrected chi connectivity index (χ2v) is 11.1. The van der Waals surface area contributed by atoms with Crippen molar-refractivity contribution in [1.29, 1.82) is 0 Å². The van der Waals surface area contributed by atoms with E-state index in [-0.39, 0.29) is 29.3 Å². The Labute approximate surface area is 213 Å². The van der Waals surface area contributed by atoms with Gasteiger partial charge >= 0.3 is 0 Å².